The molecule has 3 atom stereocenters. The zero-order valence-corrected chi connectivity index (χ0v) is 18.9. The second-order valence-electron chi connectivity index (χ2n) is 9.57. The van der Waals surface area contributed by atoms with Crippen LogP contribution in [0.1, 0.15) is 63.5 Å². The summed E-state index contributed by atoms with van der Waals surface area (Å²) in [6, 6.07) is 2.12. The molecule has 2 saturated carbocycles. The quantitative estimate of drug-likeness (QED) is 0.622. The van der Waals surface area contributed by atoms with Gasteiger partial charge in [-0.15, -0.1) is 0 Å². The number of nitrogens with one attached hydrogen (secondary N) is 2. The average Bonchev–Trinajstić information content (AvgIpc) is 3.38. The summed E-state index contributed by atoms with van der Waals surface area (Å²) in [7, 11) is 1.76. The third-order valence-corrected chi connectivity index (χ3v) is 8.15. The lowest BCUT2D eigenvalue weighted by Gasteiger charge is -2.36. The van der Waals surface area contributed by atoms with Crippen LogP contribution in [0.15, 0.2) is 12.1 Å². The van der Waals surface area contributed by atoms with Crippen molar-refractivity contribution in [1.82, 2.24) is 15.5 Å². The van der Waals surface area contributed by atoms with E-state index in [0.29, 0.717) is 19.4 Å². The van der Waals surface area contributed by atoms with Gasteiger partial charge in [0.1, 0.15) is 5.82 Å². The zero-order chi connectivity index (χ0) is 21.7. The Balaban J connectivity index is 1.58. The van der Waals surface area contributed by atoms with Gasteiger partial charge < -0.3 is 15.5 Å². The van der Waals surface area contributed by atoms with Crippen molar-refractivity contribution in [3.63, 3.8) is 0 Å². The highest BCUT2D eigenvalue weighted by Gasteiger charge is 2.49. The molecule has 30 heavy (non-hydrogen) atoms. The molecule has 1 saturated heterocycles. The Hall–Kier alpha value is -1.53. The van der Waals surface area contributed by atoms with Gasteiger partial charge >= 0.3 is 6.03 Å². The van der Waals surface area contributed by atoms with Gasteiger partial charge in [0.15, 0.2) is 0 Å². The molecule has 1 aromatic rings. The predicted molar refractivity (Wildman–Crippen MR) is 115 cm³/mol. The molecule has 0 aromatic heterocycles. The Bertz CT molecular complexity index is 874. The topological polar surface area (TPSA) is 61.4 Å². The molecule has 2 N–H and O–H groups in total. The van der Waals surface area contributed by atoms with Crippen molar-refractivity contribution >= 4 is 35.1 Å². The highest BCUT2D eigenvalue weighted by Crippen LogP contribution is 2.50. The summed E-state index contributed by atoms with van der Waals surface area (Å²) in [6.45, 7) is 2.69. The van der Waals surface area contributed by atoms with E-state index in [0.717, 1.165) is 32.1 Å². The van der Waals surface area contributed by atoms with Gasteiger partial charge in [0.05, 0.1) is 21.6 Å². The third-order valence-electron chi connectivity index (χ3n) is 7.34. The summed E-state index contributed by atoms with van der Waals surface area (Å²) < 4.78 is 14.9. The van der Waals surface area contributed by atoms with Crippen molar-refractivity contribution in [3.05, 3.63) is 33.6 Å². The number of amides is 3. The van der Waals surface area contributed by atoms with Crippen LogP contribution in [-0.2, 0) is 4.79 Å². The Morgan fingerprint density at radius 1 is 1.30 bits per heavy atom. The number of nitrogens with zero attached hydrogens (tertiary/aromatic N) is 1. The maximum Gasteiger partial charge on any atom is 0.317 e. The number of hydrogen-bond donors (Lipinski definition) is 2. The van der Waals surface area contributed by atoms with Gasteiger partial charge in [0.2, 0.25) is 5.91 Å². The van der Waals surface area contributed by atoms with Gasteiger partial charge in [-0.1, -0.05) is 43.0 Å². The van der Waals surface area contributed by atoms with Gasteiger partial charge in [-0.25, -0.2) is 9.18 Å². The Morgan fingerprint density at radius 2 is 2.00 bits per heavy atom. The number of carbonyl (C=O) groups excluding carboxylic acids is 2. The van der Waals surface area contributed by atoms with E-state index in [-0.39, 0.29) is 44.4 Å². The average molecular weight is 456 g/mol. The van der Waals surface area contributed by atoms with E-state index in [9.17, 15) is 14.0 Å². The lowest BCUT2D eigenvalue weighted by atomic mass is 9.76. The first kappa shape index (κ1) is 21.7. The van der Waals surface area contributed by atoms with Crippen molar-refractivity contribution in [3.8, 4) is 0 Å². The minimum atomic E-state index is -0.545. The van der Waals surface area contributed by atoms with Crippen molar-refractivity contribution in [2.45, 2.75) is 63.5 Å². The largest absolute Gasteiger partial charge is 0.348 e. The molecule has 1 spiro atoms. The van der Waals surface area contributed by atoms with Crippen LogP contribution in [0.3, 0.4) is 0 Å². The first-order valence-electron chi connectivity index (χ1n) is 10.6. The predicted octanol–water partition coefficient (Wildman–Crippen LogP) is 5.06. The van der Waals surface area contributed by atoms with Crippen LogP contribution in [0.2, 0.25) is 10.0 Å². The van der Waals surface area contributed by atoms with E-state index in [1.165, 1.54) is 12.1 Å². The highest BCUT2D eigenvalue weighted by atomic mass is 35.5. The van der Waals surface area contributed by atoms with Crippen LogP contribution in [0.25, 0.3) is 0 Å². The second-order valence-corrected chi connectivity index (χ2v) is 10.4. The van der Waals surface area contributed by atoms with E-state index < -0.39 is 11.9 Å². The zero-order valence-electron chi connectivity index (χ0n) is 17.4. The van der Waals surface area contributed by atoms with Crippen molar-refractivity contribution in [1.29, 1.82) is 0 Å². The number of rotatable bonds is 4. The summed E-state index contributed by atoms with van der Waals surface area (Å²) in [5.74, 6) is -0.787. The normalized spacial score (nSPS) is 28.8. The van der Waals surface area contributed by atoms with E-state index in [1.54, 1.807) is 11.9 Å². The third kappa shape index (κ3) is 3.77. The van der Waals surface area contributed by atoms with Gasteiger partial charge in [-0.05, 0) is 49.7 Å². The minimum Gasteiger partial charge on any atom is -0.348 e. The van der Waals surface area contributed by atoms with Crippen LogP contribution < -0.4 is 10.6 Å². The maximum absolute atomic E-state index is 14.9. The van der Waals surface area contributed by atoms with Crippen molar-refractivity contribution in [2.75, 3.05) is 13.6 Å². The summed E-state index contributed by atoms with van der Waals surface area (Å²) in [4.78, 5) is 26.9. The molecule has 0 bridgehead atoms. The van der Waals surface area contributed by atoms with Gasteiger partial charge in [0.25, 0.3) is 0 Å². The number of hydrogen-bond acceptors (Lipinski definition) is 2. The molecule has 1 unspecified atom stereocenters. The van der Waals surface area contributed by atoms with E-state index in [1.807, 2.05) is 0 Å². The van der Waals surface area contributed by atoms with Crippen LogP contribution in [0.5, 0.6) is 0 Å². The number of likely N-dealkylation sites (N-methyl/N-ethyl adjacent to an activating group) is 1. The van der Waals surface area contributed by atoms with E-state index >= 15 is 0 Å². The minimum absolute atomic E-state index is 0.0971. The number of urea groups is 1. The first-order chi connectivity index (χ1) is 14.1. The molecule has 164 valence electrons. The van der Waals surface area contributed by atoms with Crippen LogP contribution in [-0.4, -0.2) is 36.0 Å². The van der Waals surface area contributed by atoms with Crippen LogP contribution >= 0.6 is 23.2 Å². The smallest absolute Gasteiger partial charge is 0.317 e. The maximum atomic E-state index is 14.9. The van der Waals surface area contributed by atoms with Crippen molar-refractivity contribution < 1.29 is 14.0 Å². The summed E-state index contributed by atoms with van der Waals surface area (Å²) in [6.07, 6.45) is 5.88. The lowest BCUT2D eigenvalue weighted by Crippen LogP contribution is -2.44. The molecule has 8 heteroatoms. The molecule has 3 amide bonds. The molecule has 1 heterocycles. The van der Waals surface area contributed by atoms with Crippen molar-refractivity contribution in [2.24, 2.45) is 11.3 Å². The van der Waals surface area contributed by atoms with E-state index in [4.69, 9.17) is 23.2 Å². The summed E-state index contributed by atoms with van der Waals surface area (Å²) in [5.41, 5.74) is -0.355. The molecule has 3 aliphatic rings. The second kappa shape index (κ2) is 7.86. The molecule has 2 aliphatic carbocycles. The standard InChI is InChI=1S/C22H28Cl2FN3O2/c1-21(8-3-4-9-21)18(16-15(25)6-5-14(23)17(16)24)26-19(29)13-7-10-22(11-13)12-28(2)20(30)27-22/h5-6,13,18H,3-4,7-12H2,1-2H3,(H,26,29)(H,27,30)/t13-,18?,22+/m1/s1. The van der Waals surface area contributed by atoms with Gasteiger partial charge in [-0.3, -0.25) is 4.79 Å². The molecular weight excluding hydrogens is 428 g/mol. The molecular formula is C22H28Cl2FN3O2. The van der Waals surface area contributed by atoms with Crippen LogP contribution in [0.4, 0.5) is 9.18 Å². The molecule has 5 nitrogen and oxygen atoms in total. The Morgan fingerprint density at radius 3 is 2.63 bits per heavy atom. The summed E-state index contributed by atoms with van der Waals surface area (Å²) in [5, 5.41) is 6.64. The molecule has 4 rings (SSSR count). The van der Waals surface area contributed by atoms with Gasteiger partial charge in [-0.2, -0.15) is 0 Å². The van der Waals surface area contributed by atoms with Gasteiger partial charge in [0, 0.05) is 25.1 Å². The number of benzene rings is 1. The van der Waals surface area contributed by atoms with Crippen LogP contribution in [0, 0.1) is 17.2 Å². The Kier molecular flexibility index (Phi) is 5.69. The lowest BCUT2D eigenvalue weighted by molar-refractivity contribution is -0.126. The number of carbonyl (C=O) groups is 2. The first-order valence-corrected chi connectivity index (χ1v) is 11.4. The SMILES string of the molecule is CN1C[C@@]2(CC[C@@H](C(=O)NC(c3c(F)ccc(Cl)c3Cl)C3(C)CCCC3)C2)NC1=O. The monoisotopic (exact) mass is 455 g/mol. The molecule has 1 aromatic carbocycles. The fourth-order valence-corrected chi connectivity index (χ4v) is 6.06. The number of halogens is 3. The molecule has 3 fully saturated rings. The fraction of sp³-hybridized carbons (Fsp3) is 0.636. The highest BCUT2D eigenvalue weighted by molar-refractivity contribution is 6.42. The van der Waals surface area contributed by atoms with E-state index in [2.05, 4.69) is 17.6 Å². The Labute approximate surface area is 186 Å². The fourth-order valence-electron chi connectivity index (χ4n) is 5.63. The summed E-state index contributed by atoms with van der Waals surface area (Å²) >= 11 is 12.6. The molecule has 1 aliphatic heterocycles. The molecule has 0 radical (unpaired) electrons.